The number of hydrogen-bond donors (Lipinski definition) is 1. The molecule has 88 valence electrons. The predicted molar refractivity (Wildman–Crippen MR) is 60.5 cm³/mol. The van der Waals surface area contributed by atoms with E-state index in [4.69, 9.17) is 0 Å². The number of nitrogens with one attached hydrogen (secondary N) is 1. The maximum absolute atomic E-state index is 12.7. The molecule has 0 amide bonds. The van der Waals surface area contributed by atoms with Crippen LogP contribution in [-0.2, 0) is 11.2 Å². The molecule has 2 aromatic rings. The molecule has 0 unspecified atom stereocenters. The smallest absolute Gasteiger partial charge is 0.187 e. The number of carbonyl (C=O) groups is 1. The van der Waals surface area contributed by atoms with Gasteiger partial charge in [0.25, 0.3) is 0 Å². The number of rotatable bonds is 4. The van der Waals surface area contributed by atoms with E-state index in [1.807, 2.05) is 0 Å². The Kier molecular flexibility index (Phi) is 3.34. The maximum atomic E-state index is 12.7. The van der Waals surface area contributed by atoms with Gasteiger partial charge in [-0.05, 0) is 24.3 Å². The average Bonchev–Trinajstić information content (AvgIpc) is 2.68. The van der Waals surface area contributed by atoms with Crippen LogP contribution in [0.15, 0.2) is 29.6 Å². The first-order chi connectivity index (χ1) is 8.13. The molecule has 0 fully saturated rings. The molecule has 4 nitrogen and oxygen atoms in total. The molecule has 0 spiro atoms. The second-order valence-electron chi connectivity index (χ2n) is 3.32. The van der Waals surface area contributed by atoms with E-state index in [1.54, 1.807) is 17.5 Å². The zero-order valence-corrected chi connectivity index (χ0v) is 9.46. The molecular weight excluding hydrogens is 243 g/mol. The van der Waals surface area contributed by atoms with Gasteiger partial charge in [-0.2, -0.15) is 0 Å². The van der Waals surface area contributed by atoms with E-state index < -0.39 is 5.97 Å². The van der Waals surface area contributed by atoms with E-state index in [1.165, 1.54) is 23.5 Å². The minimum absolute atomic E-state index is 0.207. The Morgan fingerprint density at radius 2 is 2.12 bits per heavy atom. The highest BCUT2D eigenvalue weighted by Gasteiger charge is 2.02. The van der Waals surface area contributed by atoms with Crippen LogP contribution >= 0.6 is 11.3 Å². The average molecular weight is 251 g/mol. The quantitative estimate of drug-likeness (QED) is 0.890. The van der Waals surface area contributed by atoms with E-state index in [0.29, 0.717) is 16.5 Å². The number of carbonyl (C=O) groups excluding carboxylic acids is 1. The third-order valence-electron chi connectivity index (χ3n) is 1.97. The fourth-order valence-electron chi connectivity index (χ4n) is 1.25. The fraction of sp³-hybridized carbons (Fsp3) is 0.0909. The van der Waals surface area contributed by atoms with Crippen LogP contribution in [-0.4, -0.2) is 11.0 Å². The van der Waals surface area contributed by atoms with Crippen molar-refractivity contribution in [1.82, 2.24) is 4.98 Å². The van der Waals surface area contributed by atoms with Crippen molar-refractivity contribution in [3.8, 4) is 0 Å². The van der Waals surface area contributed by atoms with Crippen LogP contribution in [0.25, 0.3) is 0 Å². The summed E-state index contributed by atoms with van der Waals surface area (Å²) in [6, 6.07) is 5.82. The topological polar surface area (TPSA) is 65.0 Å². The van der Waals surface area contributed by atoms with Gasteiger partial charge in [-0.15, -0.1) is 11.3 Å². The molecule has 0 radical (unpaired) electrons. The highest BCUT2D eigenvalue weighted by atomic mass is 32.1. The molecule has 1 N–H and O–H groups in total. The number of halogens is 1. The summed E-state index contributed by atoms with van der Waals surface area (Å²) in [4.78, 5) is 14.4. The fourth-order valence-corrected chi connectivity index (χ4v) is 1.98. The Morgan fingerprint density at radius 3 is 2.76 bits per heavy atom. The van der Waals surface area contributed by atoms with Crippen LogP contribution in [0.1, 0.15) is 5.69 Å². The minimum atomic E-state index is -1.16. The Balaban J connectivity index is 2.06. The van der Waals surface area contributed by atoms with Gasteiger partial charge in [0, 0.05) is 23.5 Å². The number of benzene rings is 1. The van der Waals surface area contributed by atoms with Crippen LogP contribution in [0.3, 0.4) is 0 Å². The number of carboxylic acid groups (broad SMARTS) is 1. The first-order valence-corrected chi connectivity index (χ1v) is 5.68. The number of thiazole rings is 1. The van der Waals surface area contributed by atoms with Gasteiger partial charge in [0.2, 0.25) is 0 Å². The van der Waals surface area contributed by atoms with Crippen LogP contribution in [0.5, 0.6) is 0 Å². The third kappa shape index (κ3) is 3.25. The van der Waals surface area contributed by atoms with Crippen molar-refractivity contribution in [2.45, 2.75) is 6.42 Å². The summed E-state index contributed by atoms with van der Waals surface area (Å²) in [7, 11) is 0. The molecule has 0 aliphatic heterocycles. The molecule has 2 rings (SSSR count). The SMILES string of the molecule is O=C([O-])Cc1csc(Nc2ccc(F)cc2)n1. The van der Waals surface area contributed by atoms with Gasteiger partial charge in [0.15, 0.2) is 5.13 Å². The van der Waals surface area contributed by atoms with E-state index in [0.717, 1.165) is 0 Å². The summed E-state index contributed by atoms with van der Waals surface area (Å²) >= 11 is 1.28. The maximum Gasteiger partial charge on any atom is 0.187 e. The van der Waals surface area contributed by atoms with Crippen LogP contribution in [0.4, 0.5) is 15.2 Å². The number of anilines is 2. The standard InChI is InChI=1S/C11H9FN2O2S/c12-7-1-3-8(4-2-7)13-11-14-9(6-17-11)5-10(15)16/h1-4,6H,5H2,(H,13,14)(H,15,16)/p-1. The lowest BCUT2D eigenvalue weighted by molar-refractivity contribution is -0.304. The summed E-state index contributed by atoms with van der Waals surface area (Å²) in [6.45, 7) is 0. The number of hydrogen-bond acceptors (Lipinski definition) is 5. The van der Waals surface area contributed by atoms with Gasteiger partial charge in [-0.3, -0.25) is 0 Å². The van der Waals surface area contributed by atoms with E-state index in [-0.39, 0.29) is 12.2 Å². The molecule has 0 aliphatic carbocycles. The van der Waals surface area contributed by atoms with Gasteiger partial charge in [0.05, 0.1) is 5.69 Å². The largest absolute Gasteiger partial charge is 0.550 e. The molecule has 17 heavy (non-hydrogen) atoms. The van der Waals surface area contributed by atoms with Crippen LogP contribution in [0, 0.1) is 5.82 Å². The molecule has 1 heterocycles. The first kappa shape index (κ1) is 11.5. The van der Waals surface area contributed by atoms with Crippen molar-refractivity contribution in [3.63, 3.8) is 0 Å². The molecule has 1 aromatic heterocycles. The van der Waals surface area contributed by atoms with Gasteiger partial charge in [-0.1, -0.05) is 0 Å². The number of nitrogens with zero attached hydrogens (tertiary/aromatic N) is 1. The summed E-state index contributed by atoms with van der Waals surface area (Å²) in [5, 5.41) is 15.5. The molecule has 0 atom stereocenters. The van der Waals surface area contributed by atoms with Gasteiger partial charge < -0.3 is 15.2 Å². The summed E-state index contributed by atoms with van der Waals surface area (Å²) in [5.41, 5.74) is 1.14. The second-order valence-corrected chi connectivity index (χ2v) is 4.18. The lowest BCUT2D eigenvalue weighted by Gasteiger charge is -2.01. The normalized spacial score (nSPS) is 10.2. The number of aromatic nitrogens is 1. The van der Waals surface area contributed by atoms with Gasteiger partial charge >= 0.3 is 0 Å². The third-order valence-corrected chi connectivity index (χ3v) is 2.78. The Hall–Kier alpha value is -1.95. The predicted octanol–water partition coefficient (Wildman–Crippen LogP) is 1.32. The molecular formula is C11H8FN2O2S-. The van der Waals surface area contributed by atoms with E-state index in [2.05, 4.69) is 10.3 Å². The zero-order chi connectivity index (χ0) is 12.3. The Morgan fingerprint density at radius 1 is 1.41 bits per heavy atom. The highest BCUT2D eigenvalue weighted by molar-refractivity contribution is 7.13. The van der Waals surface area contributed by atoms with Crippen molar-refractivity contribution in [2.75, 3.05) is 5.32 Å². The molecule has 6 heteroatoms. The summed E-state index contributed by atoms with van der Waals surface area (Å²) in [6.07, 6.45) is -0.207. The molecule has 0 bridgehead atoms. The van der Waals surface area contributed by atoms with E-state index in [9.17, 15) is 14.3 Å². The second kappa shape index (κ2) is 4.92. The van der Waals surface area contributed by atoms with Gasteiger partial charge in [0.1, 0.15) is 5.82 Å². The van der Waals surface area contributed by atoms with E-state index >= 15 is 0 Å². The van der Waals surface area contributed by atoms with Crippen LogP contribution < -0.4 is 10.4 Å². The Bertz CT molecular complexity index is 525. The number of carboxylic acids is 1. The van der Waals surface area contributed by atoms with Crippen molar-refractivity contribution < 1.29 is 14.3 Å². The first-order valence-electron chi connectivity index (χ1n) is 4.80. The summed E-state index contributed by atoms with van der Waals surface area (Å²) < 4.78 is 12.7. The molecule has 0 saturated carbocycles. The lowest BCUT2D eigenvalue weighted by Crippen LogP contribution is -2.24. The Labute approximate surface area is 101 Å². The summed E-state index contributed by atoms with van der Waals surface area (Å²) in [5.74, 6) is -1.48. The van der Waals surface area contributed by atoms with Crippen LogP contribution in [0.2, 0.25) is 0 Å². The van der Waals surface area contributed by atoms with Crippen molar-refractivity contribution in [2.24, 2.45) is 0 Å². The highest BCUT2D eigenvalue weighted by Crippen LogP contribution is 2.21. The molecule has 0 saturated heterocycles. The molecule has 0 aliphatic rings. The monoisotopic (exact) mass is 251 g/mol. The van der Waals surface area contributed by atoms with Gasteiger partial charge in [-0.25, -0.2) is 9.37 Å². The number of aliphatic carboxylic acids is 1. The van der Waals surface area contributed by atoms with Crippen molar-refractivity contribution >= 4 is 28.1 Å². The molecule has 1 aromatic carbocycles. The van der Waals surface area contributed by atoms with Crippen molar-refractivity contribution in [3.05, 3.63) is 41.2 Å². The lowest BCUT2D eigenvalue weighted by atomic mass is 10.3. The zero-order valence-electron chi connectivity index (χ0n) is 8.64. The van der Waals surface area contributed by atoms with Crippen molar-refractivity contribution in [1.29, 1.82) is 0 Å². The minimum Gasteiger partial charge on any atom is -0.550 e.